The Labute approximate surface area is 98.4 Å². The lowest BCUT2D eigenvalue weighted by atomic mass is 10.2. The van der Waals surface area contributed by atoms with Gasteiger partial charge in [0.1, 0.15) is 5.01 Å². The number of hydrogen-bond acceptors (Lipinski definition) is 5. The molecule has 86 valence electrons. The lowest BCUT2D eigenvalue weighted by Crippen LogP contribution is -1.98. The average molecular weight is 238 g/mol. The number of hydrogen-bond donors (Lipinski definition) is 1. The number of carbonyl (C=O) groups is 1. The van der Waals surface area contributed by atoms with E-state index in [1.807, 2.05) is 12.2 Å². The summed E-state index contributed by atoms with van der Waals surface area (Å²) in [7, 11) is 1.63. The van der Waals surface area contributed by atoms with Crippen LogP contribution in [0.1, 0.15) is 16.8 Å². The molecule has 0 saturated heterocycles. The van der Waals surface area contributed by atoms with E-state index in [4.69, 9.17) is 10.5 Å². The number of rotatable bonds is 5. The molecule has 4 nitrogen and oxygen atoms in total. The minimum Gasteiger partial charge on any atom is -0.404 e. The standard InChI is InChI=1S/C11H14N2O2S/c1-8(14)10(6-12)11-13-7-9(16-11)4-3-5-15-2/h3-4,6-7H,5,12H2,1-2H3/b4-3+,10-6?. The van der Waals surface area contributed by atoms with E-state index in [1.165, 1.54) is 24.5 Å². The van der Waals surface area contributed by atoms with E-state index in [2.05, 4.69) is 4.98 Å². The molecule has 0 aliphatic heterocycles. The Kier molecular flexibility index (Phi) is 4.88. The van der Waals surface area contributed by atoms with Crippen molar-refractivity contribution in [3.63, 3.8) is 0 Å². The maximum absolute atomic E-state index is 11.2. The van der Waals surface area contributed by atoms with Gasteiger partial charge < -0.3 is 10.5 Å². The molecule has 0 aliphatic rings. The quantitative estimate of drug-likeness (QED) is 0.793. The summed E-state index contributed by atoms with van der Waals surface area (Å²) < 4.78 is 4.89. The first kappa shape index (κ1) is 12.6. The van der Waals surface area contributed by atoms with Crippen LogP contribution in [-0.4, -0.2) is 24.5 Å². The average Bonchev–Trinajstić information content (AvgIpc) is 2.67. The second kappa shape index (κ2) is 6.19. The number of allylic oxidation sites excluding steroid dienone is 1. The van der Waals surface area contributed by atoms with E-state index in [9.17, 15) is 4.79 Å². The minimum atomic E-state index is -0.0794. The molecule has 1 rings (SSSR count). The fourth-order valence-corrected chi connectivity index (χ4v) is 2.01. The van der Waals surface area contributed by atoms with Gasteiger partial charge in [0.25, 0.3) is 0 Å². The summed E-state index contributed by atoms with van der Waals surface area (Å²) in [6, 6.07) is 0. The number of thiazole rings is 1. The fraction of sp³-hybridized carbons (Fsp3) is 0.273. The predicted molar refractivity (Wildman–Crippen MR) is 65.9 cm³/mol. The highest BCUT2D eigenvalue weighted by Crippen LogP contribution is 2.22. The summed E-state index contributed by atoms with van der Waals surface area (Å²) in [5, 5.41) is 0.645. The molecule has 0 spiro atoms. The zero-order valence-corrected chi connectivity index (χ0v) is 10.1. The molecule has 0 aliphatic carbocycles. The van der Waals surface area contributed by atoms with Gasteiger partial charge in [-0.25, -0.2) is 4.98 Å². The molecule has 0 atom stereocenters. The molecule has 0 fully saturated rings. The van der Waals surface area contributed by atoms with Gasteiger partial charge >= 0.3 is 0 Å². The monoisotopic (exact) mass is 238 g/mol. The molecule has 0 radical (unpaired) electrons. The molecule has 1 aromatic rings. The van der Waals surface area contributed by atoms with Gasteiger partial charge in [0.05, 0.1) is 12.2 Å². The van der Waals surface area contributed by atoms with Crippen LogP contribution in [0.25, 0.3) is 11.6 Å². The molecule has 2 N–H and O–H groups in total. The Morgan fingerprint density at radius 1 is 1.69 bits per heavy atom. The topological polar surface area (TPSA) is 65.2 Å². The van der Waals surface area contributed by atoms with E-state index >= 15 is 0 Å². The largest absolute Gasteiger partial charge is 0.404 e. The highest BCUT2D eigenvalue weighted by atomic mass is 32.1. The smallest absolute Gasteiger partial charge is 0.164 e. The summed E-state index contributed by atoms with van der Waals surface area (Å²) in [6.45, 7) is 2.03. The molecule has 1 heterocycles. The Hall–Kier alpha value is -1.46. The molecule has 0 aromatic carbocycles. The van der Waals surface area contributed by atoms with Gasteiger partial charge in [0.15, 0.2) is 5.78 Å². The molecule has 0 amide bonds. The van der Waals surface area contributed by atoms with Gasteiger partial charge in [-0.15, -0.1) is 11.3 Å². The van der Waals surface area contributed by atoms with Crippen LogP contribution in [0.5, 0.6) is 0 Å². The van der Waals surface area contributed by atoms with Gasteiger partial charge in [-0.2, -0.15) is 0 Å². The number of methoxy groups -OCH3 is 1. The Morgan fingerprint density at radius 3 is 3.00 bits per heavy atom. The molecule has 1 aromatic heterocycles. The first-order chi connectivity index (χ1) is 7.69. The normalized spacial score (nSPS) is 12.2. The van der Waals surface area contributed by atoms with E-state index in [0.29, 0.717) is 17.2 Å². The van der Waals surface area contributed by atoms with Crippen molar-refractivity contribution >= 4 is 28.8 Å². The third-order valence-electron chi connectivity index (χ3n) is 1.84. The van der Waals surface area contributed by atoms with Crippen molar-refractivity contribution in [2.24, 2.45) is 5.73 Å². The van der Waals surface area contributed by atoms with Gasteiger partial charge in [0.2, 0.25) is 0 Å². The van der Waals surface area contributed by atoms with E-state index in [-0.39, 0.29) is 5.78 Å². The van der Waals surface area contributed by atoms with Crippen LogP contribution >= 0.6 is 11.3 Å². The first-order valence-electron chi connectivity index (χ1n) is 4.73. The summed E-state index contributed by atoms with van der Waals surface area (Å²) >= 11 is 1.42. The van der Waals surface area contributed by atoms with Crippen LogP contribution in [0.3, 0.4) is 0 Å². The predicted octanol–water partition coefficient (Wildman–Crippen LogP) is 1.69. The van der Waals surface area contributed by atoms with Crippen molar-refractivity contribution in [1.82, 2.24) is 4.98 Å². The Morgan fingerprint density at radius 2 is 2.44 bits per heavy atom. The first-order valence-corrected chi connectivity index (χ1v) is 5.55. The van der Waals surface area contributed by atoms with Crippen molar-refractivity contribution in [3.05, 3.63) is 28.4 Å². The number of nitrogens with zero attached hydrogens (tertiary/aromatic N) is 1. The molecule has 5 heteroatoms. The van der Waals surface area contributed by atoms with Crippen molar-refractivity contribution in [1.29, 1.82) is 0 Å². The minimum absolute atomic E-state index is 0.0794. The lowest BCUT2D eigenvalue weighted by molar-refractivity contribution is -0.111. The summed E-state index contributed by atoms with van der Waals surface area (Å²) in [5.41, 5.74) is 5.84. The Balaban J connectivity index is 2.82. The summed E-state index contributed by atoms with van der Waals surface area (Å²) in [5.74, 6) is -0.0794. The molecular formula is C11H14N2O2S. The zero-order chi connectivity index (χ0) is 12.0. The second-order valence-corrected chi connectivity index (χ2v) is 4.12. The van der Waals surface area contributed by atoms with Gasteiger partial charge in [-0.05, 0) is 13.0 Å². The van der Waals surface area contributed by atoms with E-state index in [1.54, 1.807) is 13.3 Å². The highest BCUT2D eigenvalue weighted by molar-refractivity contribution is 7.14. The number of Topliss-reactive ketones (excluding diaryl/α,β-unsaturated/α-hetero) is 1. The maximum atomic E-state index is 11.2. The van der Waals surface area contributed by atoms with Crippen molar-refractivity contribution in [3.8, 4) is 0 Å². The second-order valence-electron chi connectivity index (χ2n) is 3.06. The number of ether oxygens (including phenoxy) is 1. The molecule has 16 heavy (non-hydrogen) atoms. The van der Waals surface area contributed by atoms with Gasteiger partial charge in [-0.1, -0.05) is 6.08 Å². The Bertz CT molecular complexity index is 421. The van der Waals surface area contributed by atoms with Crippen LogP contribution in [-0.2, 0) is 9.53 Å². The molecular weight excluding hydrogens is 224 g/mol. The third-order valence-corrected chi connectivity index (χ3v) is 2.84. The van der Waals surface area contributed by atoms with Crippen molar-refractivity contribution < 1.29 is 9.53 Å². The van der Waals surface area contributed by atoms with E-state index in [0.717, 1.165) is 4.88 Å². The number of ketones is 1. The molecule has 0 unspecified atom stereocenters. The van der Waals surface area contributed by atoms with Crippen LogP contribution in [0, 0.1) is 0 Å². The van der Waals surface area contributed by atoms with Gasteiger partial charge in [0, 0.05) is 24.4 Å². The van der Waals surface area contributed by atoms with Crippen LogP contribution in [0.2, 0.25) is 0 Å². The van der Waals surface area contributed by atoms with Crippen molar-refractivity contribution in [2.45, 2.75) is 6.92 Å². The summed E-state index contributed by atoms with van der Waals surface area (Å²) in [4.78, 5) is 16.3. The SMILES string of the molecule is COC/C=C/c1cnc(C(=CN)C(C)=O)s1. The lowest BCUT2D eigenvalue weighted by Gasteiger charge is -1.94. The highest BCUT2D eigenvalue weighted by Gasteiger charge is 2.10. The number of carbonyl (C=O) groups excluding carboxylic acids is 1. The molecule has 0 bridgehead atoms. The van der Waals surface area contributed by atoms with Crippen LogP contribution in [0.4, 0.5) is 0 Å². The number of aromatic nitrogens is 1. The summed E-state index contributed by atoms with van der Waals surface area (Å²) in [6.07, 6.45) is 6.79. The third kappa shape index (κ3) is 3.29. The maximum Gasteiger partial charge on any atom is 0.164 e. The van der Waals surface area contributed by atoms with Crippen LogP contribution in [0.15, 0.2) is 18.5 Å². The van der Waals surface area contributed by atoms with Gasteiger partial charge in [-0.3, -0.25) is 4.79 Å². The van der Waals surface area contributed by atoms with Crippen LogP contribution < -0.4 is 5.73 Å². The fourth-order valence-electron chi connectivity index (χ4n) is 1.09. The zero-order valence-electron chi connectivity index (χ0n) is 9.27. The van der Waals surface area contributed by atoms with E-state index < -0.39 is 0 Å². The molecule has 0 saturated carbocycles. The van der Waals surface area contributed by atoms with Crippen molar-refractivity contribution in [2.75, 3.05) is 13.7 Å². The number of nitrogens with two attached hydrogens (primary N) is 1.